The van der Waals surface area contributed by atoms with E-state index < -0.39 is 0 Å². The highest BCUT2D eigenvalue weighted by Crippen LogP contribution is 2.40. The molecule has 1 saturated carbocycles. The Balaban J connectivity index is 1.73. The Hall–Kier alpha value is -1.88. The highest BCUT2D eigenvalue weighted by atomic mass is 32.1. The number of hydrogen-bond acceptors (Lipinski definition) is 2. The molecule has 0 unspecified atom stereocenters. The summed E-state index contributed by atoms with van der Waals surface area (Å²) in [4.78, 5) is 6.73. The van der Waals surface area contributed by atoms with Crippen molar-refractivity contribution in [2.45, 2.75) is 43.8 Å². The maximum atomic E-state index is 5.53. The van der Waals surface area contributed by atoms with Crippen LogP contribution in [0.15, 0.2) is 42.7 Å². The Morgan fingerprint density at radius 3 is 2.74 bits per heavy atom. The number of thiocarbonyl (C=S) groups is 1. The van der Waals surface area contributed by atoms with Gasteiger partial charge in [-0.3, -0.25) is 4.98 Å². The fraction of sp³-hybridized carbons (Fsp3) is 0.444. The highest BCUT2D eigenvalue weighted by molar-refractivity contribution is 7.80. The van der Waals surface area contributed by atoms with Crippen LogP contribution < -0.4 is 5.32 Å². The van der Waals surface area contributed by atoms with Crippen molar-refractivity contribution < 1.29 is 0 Å². The molecule has 2 aliphatic rings. The second kappa shape index (κ2) is 5.96. The van der Waals surface area contributed by atoms with E-state index in [4.69, 9.17) is 12.2 Å². The quantitative estimate of drug-likeness (QED) is 0.874. The zero-order valence-corrected chi connectivity index (χ0v) is 14.2. The number of pyridine rings is 1. The summed E-state index contributed by atoms with van der Waals surface area (Å²) in [5.41, 5.74) is 2.38. The van der Waals surface area contributed by atoms with Crippen LogP contribution >= 0.6 is 12.2 Å². The molecule has 120 valence electrons. The van der Waals surface area contributed by atoms with Crippen LogP contribution in [0, 0.1) is 0 Å². The molecule has 5 heteroatoms. The molecule has 1 aliphatic heterocycles. The predicted molar refractivity (Wildman–Crippen MR) is 95.2 cm³/mol. The summed E-state index contributed by atoms with van der Waals surface area (Å²) in [7, 11) is 2.08. The summed E-state index contributed by atoms with van der Waals surface area (Å²) < 4.78 is 2.47. The third-order valence-corrected chi connectivity index (χ3v) is 5.58. The first-order valence-corrected chi connectivity index (χ1v) is 8.77. The van der Waals surface area contributed by atoms with Crippen LogP contribution in [-0.4, -0.2) is 26.6 Å². The first-order valence-electron chi connectivity index (χ1n) is 8.36. The number of nitrogens with zero attached hydrogens (tertiary/aromatic N) is 3. The molecule has 1 aliphatic carbocycles. The van der Waals surface area contributed by atoms with Gasteiger partial charge >= 0.3 is 0 Å². The molecule has 0 radical (unpaired) electrons. The maximum absolute atomic E-state index is 5.53. The van der Waals surface area contributed by atoms with E-state index in [1.165, 1.54) is 31.4 Å². The van der Waals surface area contributed by atoms with Crippen molar-refractivity contribution in [1.29, 1.82) is 0 Å². The molecular weight excluding hydrogens is 304 g/mol. The lowest BCUT2D eigenvalue weighted by atomic mass is 10.0. The van der Waals surface area contributed by atoms with Gasteiger partial charge in [0, 0.05) is 31.2 Å². The van der Waals surface area contributed by atoms with Gasteiger partial charge in [-0.25, -0.2) is 0 Å². The summed E-state index contributed by atoms with van der Waals surface area (Å²) in [6.45, 7) is 0. The normalized spacial score (nSPS) is 25.1. The number of likely N-dealkylation sites (N-methyl/N-ethyl adjacent to an activating group) is 1. The monoisotopic (exact) mass is 326 g/mol. The van der Waals surface area contributed by atoms with Gasteiger partial charge in [-0.1, -0.05) is 18.9 Å². The topological polar surface area (TPSA) is 33.1 Å². The summed E-state index contributed by atoms with van der Waals surface area (Å²) in [5.74, 6) is 0. The lowest BCUT2D eigenvalue weighted by Gasteiger charge is -2.27. The van der Waals surface area contributed by atoms with Crippen LogP contribution in [0.3, 0.4) is 0 Å². The van der Waals surface area contributed by atoms with Crippen molar-refractivity contribution in [2.24, 2.45) is 0 Å². The van der Waals surface area contributed by atoms with E-state index in [2.05, 4.69) is 51.2 Å². The van der Waals surface area contributed by atoms with E-state index in [0.29, 0.717) is 6.04 Å². The van der Waals surface area contributed by atoms with Crippen LogP contribution in [0.4, 0.5) is 0 Å². The molecule has 1 N–H and O–H groups in total. The molecule has 0 bridgehead atoms. The van der Waals surface area contributed by atoms with E-state index in [1.807, 2.05) is 18.3 Å². The first-order chi connectivity index (χ1) is 11.3. The lowest BCUT2D eigenvalue weighted by molar-refractivity contribution is 0.337. The number of hydrogen-bond donors (Lipinski definition) is 1. The van der Waals surface area contributed by atoms with E-state index in [0.717, 1.165) is 10.8 Å². The van der Waals surface area contributed by atoms with Crippen molar-refractivity contribution in [1.82, 2.24) is 19.8 Å². The van der Waals surface area contributed by atoms with Gasteiger partial charge in [0.05, 0.1) is 17.8 Å². The van der Waals surface area contributed by atoms with Crippen LogP contribution in [0.1, 0.15) is 55.2 Å². The number of nitrogens with one attached hydrogen (secondary N) is 1. The van der Waals surface area contributed by atoms with Crippen LogP contribution in [0.25, 0.3) is 0 Å². The average molecular weight is 326 g/mol. The molecule has 3 heterocycles. The van der Waals surface area contributed by atoms with Crippen LogP contribution in [-0.2, 0) is 0 Å². The summed E-state index contributed by atoms with van der Waals surface area (Å²) in [5, 5.41) is 4.25. The SMILES string of the molecule is CN1C(=S)N[C@@H](c2ccccn2)[C@H]1c1cccn1C1CCCC1. The van der Waals surface area contributed by atoms with Crippen LogP contribution in [0.2, 0.25) is 0 Å². The fourth-order valence-electron chi connectivity index (χ4n) is 4.00. The van der Waals surface area contributed by atoms with Gasteiger partial charge in [0.25, 0.3) is 0 Å². The molecule has 1 saturated heterocycles. The first kappa shape index (κ1) is 14.7. The zero-order valence-electron chi connectivity index (χ0n) is 13.4. The Labute approximate surface area is 142 Å². The number of rotatable bonds is 3. The molecule has 2 fully saturated rings. The van der Waals surface area contributed by atoms with Crippen molar-refractivity contribution in [2.75, 3.05) is 7.05 Å². The standard InChI is InChI=1S/C18H22N4S/c1-21-17(15-10-6-12-22(15)13-7-2-3-8-13)16(20-18(21)23)14-9-4-5-11-19-14/h4-6,9-13,16-17H,2-3,7-8H2,1H3,(H,20,23)/t16-,17+/m0/s1. The molecule has 2 atom stereocenters. The molecule has 23 heavy (non-hydrogen) atoms. The third kappa shape index (κ3) is 2.53. The molecule has 0 spiro atoms. The number of aromatic nitrogens is 2. The molecule has 0 aromatic carbocycles. The minimum Gasteiger partial charge on any atom is -0.352 e. The minimum absolute atomic E-state index is 0.101. The molecular formula is C18H22N4S. The Morgan fingerprint density at radius 1 is 1.17 bits per heavy atom. The van der Waals surface area contributed by atoms with Crippen LogP contribution in [0.5, 0.6) is 0 Å². The second-order valence-electron chi connectivity index (χ2n) is 6.52. The highest BCUT2D eigenvalue weighted by Gasteiger charge is 2.39. The molecule has 4 nitrogen and oxygen atoms in total. The fourth-order valence-corrected chi connectivity index (χ4v) is 4.24. The third-order valence-electron chi connectivity index (χ3n) is 5.17. The second-order valence-corrected chi connectivity index (χ2v) is 6.90. The van der Waals surface area contributed by atoms with E-state index in [1.54, 1.807) is 0 Å². The lowest BCUT2D eigenvalue weighted by Crippen LogP contribution is -2.26. The summed E-state index contributed by atoms with van der Waals surface area (Å²) in [6, 6.07) is 11.4. The molecule has 2 aromatic rings. The largest absolute Gasteiger partial charge is 0.352 e. The van der Waals surface area contributed by atoms with Crippen molar-refractivity contribution in [3.8, 4) is 0 Å². The van der Waals surface area contributed by atoms with Crippen molar-refractivity contribution in [3.63, 3.8) is 0 Å². The minimum atomic E-state index is 0.101. The smallest absolute Gasteiger partial charge is 0.169 e. The molecule has 4 rings (SSSR count). The molecule has 0 amide bonds. The summed E-state index contributed by atoms with van der Waals surface area (Å²) >= 11 is 5.53. The van der Waals surface area contributed by atoms with Gasteiger partial charge in [-0.05, 0) is 49.3 Å². The van der Waals surface area contributed by atoms with Crippen molar-refractivity contribution >= 4 is 17.3 Å². The predicted octanol–water partition coefficient (Wildman–Crippen LogP) is 3.60. The maximum Gasteiger partial charge on any atom is 0.169 e. The average Bonchev–Trinajstić information content (AvgIpc) is 3.29. The Kier molecular flexibility index (Phi) is 3.81. The van der Waals surface area contributed by atoms with E-state index >= 15 is 0 Å². The van der Waals surface area contributed by atoms with Gasteiger partial charge in [0.2, 0.25) is 0 Å². The van der Waals surface area contributed by atoms with Gasteiger partial charge in [0.15, 0.2) is 5.11 Å². The Morgan fingerprint density at radius 2 is 2.00 bits per heavy atom. The van der Waals surface area contributed by atoms with Gasteiger partial charge in [-0.2, -0.15) is 0 Å². The summed E-state index contributed by atoms with van der Waals surface area (Å²) in [6.07, 6.45) is 9.32. The Bertz CT molecular complexity index is 690. The van der Waals surface area contributed by atoms with E-state index in [-0.39, 0.29) is 12.1 Å². The van der Waals surface area contributed by atoms with Gasteiger partial charge in [0.1, 0.15) is 0 Å². The van der Waals surface area contributed by atoms with E-state index in [9.17, 15) is 0 Å². The van der Waals surface area contributed by atoms with Gasteiger partial charge in [-0.15, -0.1) is 0 Å². The molecule has 2 aromatic heterocycles. The zero-order chi connectivity index (χ0) is 15.8. The van der Waals surface area contributed by atoms with Gasteiger partial charge < -0.3 is 14.8 Å². The van der Waals surface area contributed by atoms with Crippen molar-refractivity contribution in [3.05, 3.63) is 54.1 Å².